The molecule has 4 aromatic rings. The molecule has 0 bridgehead atoms. The monoisotopic (exact) mass is 410 g/mol. The van der Waals surface area contributed by atoms with Gasteiger partial charge in [-0.3, -0.25) is 4.79 Å². The van der Waals surface area contributed by atoms with E-state index in [0.717, 1.165) is 28.1 Å². The van der Waals surface area contributed by atoms with Crippen molar-refractivity contribution in [2.45, 2.75) is 6.92 Å². The molecule has 1 N–H and O–H groups in total. The molecule has 31 heavy (non-hydrogen) atoms. The maximum atomic E-state index is 12.4. The van der Waals surface area contributed by atoms with Gasteiger partial charge >= 0.3 is 0 Å². The first kappa shape index (κ1) is 20.1. The number of rotatable bonds is 6. The Bertz CT molecular complexity index is 1230. The first-order chi connectivity index (χ1) is 15.1. The van der Waals surface area contributed by atoms with Gasteiger partial charge in [-0.15, -0.1) is 0 Å². The van der Waals surface area contributed by atoms with E-state index in [4.69, 9.17) is 9.84 Å². The van der Waals surface area contributed by atoms with E-state index in [2.05, 4.69) is 16.6 Å². The largest absolute Gasteiger partial charge is 0.497 e. The molecule has 0 aliphatic heterocycles. The van der Waals surface area contributed by atoms with Gasteiger partial charge < -0.3 is 4.74 Å². The highest BCUT2D eigenvalue weighted by Gasteiger charge is 2.12. The Hall–Kier alpha value is -4.19. The molecule has 0 atom stereocenters. The lowest BCUT2D eigenvalue weighted by molar-refractivity contribution is 0.0955. The summed E-state index contributed by atoms with van der Waals surface area (Å²) in [4.78, 5) is 12.4. The van der Waals surface area contributed by atoms with Crippen LogP contribution in [0.5, 0.6) is 5.75 Å². The number of amides is 1. The zero-order chi connectivity index (χ0) is 21.6. The summed E-state index contributed by atoms with van der Waals surface area (Å²) in [5, 5.41) is 8.94. The number of methoxy groups -OCH3 is 1. The van der Waals surface area contributed by atoms with E-state index < -0.39 is 0 Å². The number of hydrazone groups is 1. The standard InChI is InChI=1S/C25H22N4O2/c1-18-8-6-9-19(14-18)24-21(17-29(28-24)22-11-4-3-5-12-22)16-26-27-25(30)20-10-7-13-23(15-20)31-2/h3-17H,1-2H3,(H,27,30)/b26-16-. The number of nitrogens with zero attached hydrogens (tertiary/aromatic N) is 3. The second-order valence-corrected chi connectivity index (χ2v) is 7.01. The summed E-state index contributed by atoms with van der Waals surface area (Å²) in [6.45, 7) is 2.04. The highest BCUT2D eigenvalue weighted by molar-refractivity contribution is 5.96. The average Bonchev–Trinajstić information content (AvgIpc) is 3.24. The minimum Gasteiger partial charge on any atom is -0.497 e. The topological polar surface area (TPSA) is 68.5 Å². The van der Waals surface area contributed by atoms with E-state index in [1.165, 1.54) is 0 Å². The third kappa shape index (κ3) is 4.70. The molecule has 0 saturated carbocycles. The lowest BCUT2D eigenvalue weighted by Gasteiger charge is -2.03. The van der Waals surface area contributed by atoms with Gasteiger partial charge in [-0.2, -0.15) is 10.2 Å². The quantitative estimate of drug-likeness (QED) is 0.372. The molecule has 1 amide bonds. The SMILES string of the molecule is COc1cccc(C(=O)N/N=C\c2cn(-c3ccccc3)nc2-c2cccc(C)c2)c1. The maximum Gasteiger partial charge on any atom is 0.271 e. The van der Waals surface area contributed by atoms with Gasteiger partial charge in [-0.25, -0.2) is 10.1 Å². The summed E-state index contributed by atoms with van der Waals surface area (Å²) >= 11 is 0. The van der Waals surface area contributed by atoms with Gasteiger partial charge in [0.2, 0.25) is 0 Å². The van der Waals surface area contributed by atoms with Gasteiger partial charge in [0.25, 0.3) is 5.91 Å². The third-order valence-electron chi connectivity index (χ3n) is 4.76. The number of hydrogen-bond donors (Lipinski definition) is 1. The van der Waals surface area contributed by atoms with Crippen LogP contribution >= 0.6 is 0 Å². The number of carbonyl (C=O) groups excluding carboxylic acids is 1. The van der Waals surface area contributed by atoms with E-state index in [1.807, 2.05) is 66.3 Å². The van der Waals surface area contributed by atoms with E-state index >= 15 is 0 Å². The number of benzene rings is 3. The van der Waals surface area contributed by atoms with Crippen molar-refractivity contribution in [1.82, 2.24) is 15.2 Å². The Morgan fingerprint density at radius 2 is 1.84 bits per heavy atom. The molecule has 6 heteroatoms. The summed E-state index contributed by atoms with van der Waals surface area (Å²) in [7, 11) is 1.56. The highest BCUT2D eigenvalue weighted by atomic mass is 16.5. The number of nitrogens with one attached hydrogen (secondary N) is 1. The van der Waals surface area contributed by atoms with Gasteiger partial charge in [-0.05, 0) is 43.3 Å². The molecule has 0 radical (unpaired) electrons. The van der Waals surface area contributed by atoms with Crippen LogP contribution < -0.4 is 10.2 Å². The number of carbonyl (C=O) groups is 1. The van der Waals surface area contributed by atoms with Crippen LogP contribution in [0.3, 0.4) is 0 Å². The second kappa shape index (κ2) is 9.09. The van der Waals surface area contributed by atoms with E-state index in [1.54, 1.807) is 37.6 Å². The first-order valence-electron chi connectivity index (χ1n) is 9.83. The zero-order valence-electron chi connectivity index (χ0n) is 17.3. The summed E-state index contributed by atoms with van der Waals surface area (Å²) < 4.78 is 6.98. The molecule has 4 rings (SSSR count). The van der Waals surface area contributed by atoms with Gasteiger partial charge in [0.05, 0.1) is 19.0 Å². The first-order valence-corrected chi connectivity index (χ1v) is 9.83. The van der Waals surface area contributed by atoms with Crippen LogP contribution in [-0.4, -0.2) is 29.0 Å². The van der Waals surface area contributed by atoms with Crippen LogP contribution in [0.15, 0.2) is 90.2 Å². The predicted octanol–water partition coefficient (Wildman–Crippen LogP) is 4.62. The van der Waals surface area contributed by atoms with E-state index in [9.17, 15) is 4.79 Å². The molecule has 154 valence electrons. The van der Waals surface area contributed by atoms with Crippen molar-refractivity contribution in [2.24, 2.45) is 5.10 Å². The molecule has 0 unspecified atom stereocenters. The van der Waals surface area contributed by atoms with Crippen LogP contribution in [0.1, 0.15) is 21.5 Å². The minimum atomic E-state index is -0.317. The molecule has 0 saturated heterocycles. The molecular weight excluding hydrogens is 388 g/mol. The fourth-order valence-corrected chi connectivity index (χ4v) is 3.20. The lowest BCUT2D eigenvalue weighted by Crippen LogP contribution is -2.17. The molecule has 0 aliphatic carbocycles. The van der Waals surface area contributed by atoms with Gasteiger partial charge in [0.1, 0.15) is 11.4 Å². The number of ether oxygens (including phenoxy) is 1. The van der Waals surface area contributed by atoms with Gasteiger partial charge in [0, 0.05) is 22.9 Å². The van der Waals surface area contributed by atoms with Crippen molar-refractivity contribution < 1.29 is 9.53 Å². The number of para-hydroxylation sites is 1. The van der Waals surface area contributed by atoms with Gasteiger partial charge in [-0.1, -0.05) is 48.0 Å². The Morgan fingerprint density at radius 1 is 1.03 bits per heavy atom. The van der Waals surface area contributed by atoms with Crippen LogP contribution in [0.25, 0.3) is 16.9 Å². The zero-order valence-corrected chi connectivity index (χ0v) is 17.3. The molecular formula is C25H22N4O2. The maximum absolute atomic E-state index is 12.4. The Morgan fingerprint density at radius 3 is 2.61 bits per heavy atom. The molecule has 3 aromatic carbocycles. The molecule has 1 aromatic heterocycles. The smallest absolute Gasteiger partial charge is 0.271 e. The van der Waals surface area contributed by atoms with Gasteiger partial charge in [0.15, 0.2) is 0 Å². The van der Waals surface area contributed by atoms with Crippen LogP contribution in [0.2, 0.25) is 0 Å². The predicted molar refractivity (Wildman–Crippen MR) is 122 cm³/mol. The van der Waals surface area contributed by atoms with Crippen molar-refractivity contribution in [3.05, 3.63) is 102 Å². The van der Waals surface area contributed by atoms with Crippen LogP contribution in [0.4, 0.5) is 0 Å². The summed E-state index contributed by atoms with van der Waals surface area (Å²) in [6.07, 6.45) is 3.51. The van der Waals surface area contributed by atoms with Crippen LogP contribution in [0, 0.1) is 6.92 Å². The average molecular weight is 410 g/mol. The number of aryl methyl sites for hydroxylation is 1. The fraction of sp³-hybridized carbons (Fsp3) is 0.0800. The molecule has 6 nitrogen and oxygen atoms in total. The Labute approximate surface area is 180 Å². The Balaban J connectivity index is 1.63. The fourth-order valence-electron chi connectivity index (χ4n) is 3.20. The summed E-state index contributed by atoms with van der Waals surface area (Å²) in [5.41, 5.74) is 7.68. The third-order valence-corrected chi connectivity index (χ3v) is 4.76. The van der Waals surface area contributed by atoms with Crippen molar-refractivity contribution in [3.63, 3.8) is 0 Å². The van der Waals surface area contributed by atoms with Crippen molar-refractivity contribution in [3.8, 4) is 22.7 Å². The van der Waals surface area contributed by atoms with Crippen molar-refractivity contribution in [1.29, 1.82) is 0 Å². The molecule has 0 fully saturated rings. The minimum absolute atomic E-state index is 0.317. The summed E-state index contributed by atoms with van der Waals surface area (Å²) in [6, 6.07) is 24.9. The summed E-state index contributed by atoms with van der Waals surface area (Å²) in [5.74, 6) is 0.296. The normalized spacial score (nSPS) is 10.9. The van der Waals surface area contributed by atoms with Crippen molar-refractivity contribution >= 4 is 12.1 Å². The Kier molecular flexibility index (Phi) is 5.89. The van der Waals surface area contributed by atoms with Crippen molar-refractivity contribution in [2.75, 3.05) is 7.11 Å². The lowest BCUT2D eigenvalue weighted by atomic mass is 10.1. The number of aromatic nitrogens is 2. The van der Waals surface area contributed by atoms with E-state index in [-0.39, 0.29) is 5.91 Å². The second-order valence-electron chi connectivity index (χ2n) is 7.01. The highest BCUT2D eigenvalue weighted by Crippen LogP contribution is 2.23. The molecule has 0 aliphatic rings. The van der Waals surface area contributed by atoms with Crippen LogP contribution in [-0.2, 0) is 0 Å². The molecule has 1 heterocycles. The number of hydrogen-bond acceptors (Lipinski definition) is 4. The van der Waals surface area contributed by atoms with E-state index in [0.29, 0.717) is 11.3 Å². The molecule has 0 spiro atoms.